The van der Waals surface area contributed by atoms with Crippen molar-refractivity contribution in [2.24, 2.45) is 0 Å². The molecule has 52 heavy (non-hydrogen) atoms. The molecule has 0 radical (unpaired) electrons. The topological polar surface area (TPSA) is 95.6 Å². The molecule has 15 heteroatoms. The Morgan fingerprint density at radius 3 is 1.83 bits per heavy atom. The van der Waals surface area contributed by atoms with Gasteiger partial charge in [-0.05, 0) is 54.4 Å². The van der Waals surface area contributed by atoms with Crippen molar-refractivity contribution in [1.82, 2.24) is 25.3 Å². The second kappa shape index (κ2) is 17.6. The van der Waals surface area contributed by atoms with Crippen LogP contribution in [0.2, 0.25) is 10.0 Å². The molecule has 0 spiro atoms. The third kappa shape index (κ3) is 9.19. The molecule has 0 aliphatic carbocycles. The number of nitrogens with one attached hydrogen (secondary N) is 2. The van der Waals surface area contributed by atoms with E-state index in [1.807, 2.05) is 29.2 Å². The lowest BCUT2D eigenvalue weighted by Crippen LogP contribution is -2.62. The van der Waals surface area contributed by atoms with E-state index in [4.69, 9.17) is 37.4 Å². The molecule has 3 aromatic carbocycles. The molecule has 0 saturated carbocycles. The minimum atomic E-state index is -4.63. The van der Waals surface area contributed by atoms with Crippen molar-refractivity contribution in [3.63, 3.8) is 0 Å². The van der Waals surface area contributed by atoms with Crippen LogP contribution in [0.25, 0.3) is 0 Å². The third-order valence-electron chi connectivity index (χ3n) is 9.37. The first-order chi connectivity index (χ1) is 24.9. The molecule has 2 unspecified atom stereocenters. The van der Waals surface area contributed by atoms with Gasteiger partial charge in [0.25, 0.3) is 5.91 Å². The molecule has 2 aliphatic heterocycles. The summed E-state index contributed by atoms with van der Waals surface area (Å²) in [5, 5.41) is 8.12. The van der Waals surface area contributed by atoms with Gasteiger partial charge in [0.2, 0.25) is 5.91 Å². The van der Waals surface area contributed by atoms with Crippen LogP contribution in [0.15, 0.2) is 66.7 Å². The van der Waals surface area contributed by atoms with Gasteiger partial charge in [-0.1, -0.05) is 53.5 Å². The lowest BCUT2D eigenvalue weighted by Gasteiger charge is -2.41. The summed E-state index contributed by atoms with van der Waals surface area (Å²) in [6.45, 7) is 4.89. The maximum Gasteiger partial charge on any atom is 0.416 e. The van der Waals surface area contributed by atoms with Gasteiger partial charge in [0.05, 0.1) is 44.0 Å². The molecule has 2 aliphatic rings. The minimum Gasteiger partial charge on any atom is -0.493 e. The number of nitrogens with zero attached hydrogens (tertiary/aromatic N) is 3. The van der Waals surface area contributed by atoms with Crippen molar-refractivity contribution >= 4 is 35.0 Å². The van der Waals surface area contributed by atoms with Gasteiger partial charge in [-0.15, -0.1) is 0 Å². The smallest absolute Gasteiger partial charge is 0.416 e. The number of hydrogen-bond acceptors (Lipinski definition) is 8. The molecule has 10 nitrogen and oxygen atoms in total. The van der Waals surface area contributed by atoms with Crippen LogP contribution in [0.4, 0.5) is 13.2 Å². The average molecular weight is 767 g/mol. The van der Waals surface area contributed by atoms with E-state index in [0.717, 1.165) is 23.3 Å². The summed E-state index contributed by atoms with van der Waals surface area (Å²) in [4.78, 5) is 33.6. The molecule has 2 saturated heterocycles. The first-order valence-corrected chi connectivity index (χ1v) is 17.8. The van der Waals surface area contributed by atoms with Gasteiger partial charge in [0.15, 0.2) is 5.66 Å². The molecule has 5 rings (SSSR count). The van der Waals surface area contributed by atoms with E-state index >= 15 is 4.79 Å². The molecule has 282 valence electrons. The Balaban J connectivity index is 1.50. The average Bonchev–Trinajstić information content (AvgIpc) is 3.53. The van der Waals surface area contributed by atoms with E-state index in [9.17, 15) is 18.0 Å². The zero-order valence-electron chi connectivity index (χ0n) is 29.3. The van der Waals surface area contributed by atoms with Crippen LogP contribution in [0.5, 0.6) is 5.75 Å². The van der Waals surface area contributed by atoms with Crippen molar-refractivity contribution in [3.05, 3.63) is 99.0 Å². The molecule has 0 bridgehead atoms. The highest BCUT2D eigenvalue weighted by molar-refractivity contribution is 6.30. The molecule has 2 atom stereocenters. The normalized spacial score (nSPS) is 21.0. The van der Waals surface area contributed by atoms with E-state index in [0.29, 0.717) is 49.4 Å². The fourth-order valence-corrected chi connectivity index (χ4v) is 6.90. The van der Waals surface area contributed by atoms with E-state index < -0.39 is 35.4 Å². The quantitative estimate of drug-likeness (QED) is 0.222. The van der Waals surface area contributed by atoms with E-state index in [-0.39, 0.29) is 43.5 Å². The number of ether oxygens (including phenoxy) is 3. The van der Waals surface area contributed by atoms with Gasteiger partial charge in [0, 0.05) is 69.1 Å². The molecule has 2 N–H and O–H groups in total. The third-order valence-corrected chi connectivity index (χ3v) is 9.87. The summed E-state index contributed by atoms with van der Waals surface area (Å²) in [5.41, 5.74) is -0.810. The Kier molecular flexibility index (Phi) is 13.5. The first kappa shape index (κ1) is 39.8. The number of methoxy groups -OCH3 is 2. The highest BCUT2D eigenvalue weighted by atomic mass is 35.5. The van der Waals surface area contributed by atoms with E-state index in [2.05, 4.69) is 10.6 Å². The molecule has 0 aromatic heterocycles. The summed E-state index contributed by atoms with van der Waals surface area (Å²) >= 11 is 12.5. The summed E-state index contributed by atoms with van der Waals surface area (Å²) in [7, 11) is 3.15. The number of carbonyl (C=O) groups excluding carboxylic acids is 2. The second-order valence-electron chi connectivity index (χ2n) is 12.7. The van der Waals surface area contributed by atoms with Crippen molar-refractivity contribution in [2.45, 2.75) is 30.8 Å². The van der Waals surface area contributed by atoms with E-state index in [1.165, 1.54) is 6.07 Å². The zero-order valence-corrected chi connectivity index (χ0v) is 30.9. The van der Waals surface area contributed by atoms with Crippen molar-refractivity contribution < 1.29 is 37.0 Å². The fourth-order valence-electron chi connectivity index (χ4n) is 6.65. The number of amides is 2. The highest BCUT2D eigenvalue weighted by Gasteiger charge is 2.55. The summed E-state index contributed by atoms with van der Waals surface area (Å²) in [6, 6.07) is 16.5. The summed E-state index contributed by atoms with van der Waals surface area (Å²) < 4.78 is 58.1. The Morgan fingerprint density at radius 1 is 0.846 bits per heavy atom. The van der Waals surface area contributed by atoms with Crippen LogP contribution in [0.1, 0.15) is 41.3 Å². The van der Waals surface area contributed by atoms with Gasteiger partial charge >= 0.3 is 6.18 Å². The summed E-state index contributed by atoms with van der Waals surface area (Å²) in [6.07, 6.45) is -4.63. The molecular weight excluding hydrogens is 722 g/mol. The van der Waals surface area contributed by atoms with Crippen molar-refractivity contribution in [2.75, 3.05) is 79.9 Å². The number of piperazine rings is 1. The Bertz CT molecular complexity index is 1600. The van der Waals surface area contributed by atoms with Crippen LogP contribution >= 0.6 is 23.2 Å². The Hall–Kier alpha value is -3.43. The summed E-state index contributed by atoms with van der Waals surface area (Å²) in [5.74, 6) is -0.544. The predicted molar refractivity (Wildman–Crippen MR) is 192 cm³/mol. The number of halogens is 5. The highest BCUT2D eigenvalue weighted by Crippen LogP contribution is 2.46. The Morgan fingerprint density at radius 2 is 1.37 bits per heavy atom. The number of hydrogen-bond donors (Lipinski definition) is 2. The van der Waals surface area contributed by atoms with Crippen LogP contribution in [0, 0.1) is 0 Å². The molecule has 3 aromatic rings. The number of carbonyl (C=O) groups is 2. The van der Waals surface area contributed by atoms with E-state index in [1.54, 1.807) is 55.2 Å². The van der Waals surface area contributed by atoms with Crippen molar-refractivity contribution in [1.29, 1.82) is 0 Å². The maximum atomic E-state index is 15.1. The monoisotopic (exact) mass is 765 g/mol. The van der Waals surface area contributed by atoms with Crippen LogP contribution in [0.3, 0.4) is 0 Å². The van der Waals surface area contributed by atoms with Gasteiger partial charge < -0.3 is 24.0 Å². The zero-order chi connectivity index (χ0) is 37.5. The Labute approximate surface area is 312 Å². The lowest BCUT2D eigenvalue weighted by molar-refractivity contribution is -0.142. The van der Waals surface area contributed by atoms with Crippen LogP contribution in [-0.2, 0) is 30.9 Å². The lowest BCUT2D eigenvalue weighted by atomic mass is 9.94. The van der Waals surface area contributed by atoms with Gasteiger partial charge in [0.1, 0.15) is 5.75 Å². The predicted octanol–water partition coefficient (Wildman–Crippen LogP) is 5.50. The molecule has 2 amide bonds. The van der Waals surface area contributed by atoms with Gasteiger partial charge in [-0.2, -0.15) is 13.2 Å². The van der Waals surface area contributed by atoms with Gasteiger partial charge in [-0.25, -0.2) is 0 Å². The first-order valence-electron chi connectivity index (χ1n) is 17.1. The van der Waals surface area contributed by atoms with Crippen molar-refractivity contribution in [3.8, 4) is 5.75 Å². The maximum absolute atomic E-state index is 15.1. The number of rotatable bonds is 14. The molecule has 2 heterocycles. The SMILES string of the molecule is CCOc1cc(C(F)(F)F)ccc1C1(C(=O)N2CCN(CC(=O)N(CCOC)CCOC)CC2)NC(c2ccc(Cl)cc2)C(c2ccc(Cl)cc2)N1. The van der Waals surface area contributed by atoms with Crippen LogP contribution < -0.4 is 15.4 Å². The minimum absolute atomic E-state index is 0.0677. The largest absolute Gasteiger partial charge is 0.493 e. The van der Waals surface area contributed by atoms with Gasteiger partial charge in [-0.3, -0.25) is 25.1 Å². The molecular formula is C37H44Cl2F3N5O5. The fraction of sp³-hybridized carbons (Fsp3) is 0.459. The number of benzene rings is 3. The molecule has 2 fully saturated rings. The standard InChI is InChI=1S/C37H44Cl2F3N5O5/c1-4-52-31-23-27(37(40,41)42)9-14-30(31)36(35(49)47-17-15-45(16-18-47)24-32(48)46(19-21-50-2)20-22-51-3)43-33(25-5-10-28(38)11-6-25)34(44-36)26-7-12-29(39)13-8-26/h5-14,23,33-34,43-44H,4,15-22,24H2,1-3H3. The van der Waals surface area contributed by atoms with Crippen LogP contribution in [-0.4, -0.2) is 106 Å². The number of alkyl halides is 3. The second-order valence-corrected chi connectivity index (χ2v) is 13.5.